The average Bonchev–Trinajstić information content (AvgIpc) is 3.40. The van der Waals surface area contributed by atoms with Crippen LogP contribution in [-0.4, -0.2) is 36.3 Å². The zero-order valence-electron chi connectivity index (χ0n) is 21.3. The Morgan fingerprint density at radius 3 is 1.90 bits per heavy atom. The van der Waals surface area contributed by atoms with Gasteiger partial charge in [-0.1, -0.05) is 15.9 Å². The van der Waals surface area contributed by atoms with Gasteiger partial charge in [0.05, 0.1) is 5.52 Å². The second-order valence-corrected chi connectivity index (χ2v) is 9.88. The van der Waals surface area contributed by atoms with E-state index in [1.165, 1.54) is 42.7 Å². The third kappa shape index (κ3) is 6.37. The molecule has 0 spiro atoms. The summed E-state index contributed by atoms with van der Waals surface area (Å²) in [6.45, 7) is 0. The van der Waals surface area contributed by atoms with Crippen molar-refractivity contribution in [1.82, 2.24) is 14.5 Å². The number of nitrogens with zero attached hydrogens (tertiary/aromatic N) is 3. The summed E-state index contributed by atoms with van der Waals surface area (Å²) in [6, 6.07) is 22.3. The van der Waals surface area contributed by atoms with Gasteiger partial charge in [0, 0.05) is 74.9 Å². The van der Waals surface area contributed by atoms with E-state index in [4.69, 9.17) is 0 Å². The van der Waals surface area contributed by atoms with Crippen molar-refractivity contribution in [1.29, 1.82) is 0 Å². The Bertz CT molecular complexity index is 1860. The second-order valence-electron chi connectivity index (χ2n) is 8.97. The summed E-state index contributed by atoms with van der Waals surface area (Å²) in [7, 11) is 0. The van der Waals surface area contributed by atoms with E-state index >= 15 is 0 Å². The van der Waals surface area contributed by atoms with E-state index < -0.39 is 0 Å². The maximum Gasteiger partial charge on any atom is 0.194 e. The van der Waals surface area contributed by atoms with Crippen molar-refractivity contribution in [3.05, 3.63) is 148 Å². The standard InChI is InChI=1S/C20H13FN2O2.C12H8BrNO2/c21-16-3-4-19-13(8-16)5-7-23(19)17-9-15(10-18(24)11-17)20(25)14-2-1-6-22-12-14;13-10-4-9(5-11(15)6-10)12(16)8-2-1-3-14-7-8/h1-12,24H;1-7,15H. The zero-order valence-corrected chi connectivity index (χ0v) is 22.9. The molecule has 9 heteroatoms. The normalized spacial score (nSPS) is 10.6. The smallest absolute Gasteiger partial charge is 0.194 e. The number of halogens is 2. The number of benzene rings is 3. The monoisotopic (exact) mass is 609 g/mol. The van der Waals surface area contributed by atoms with Gasteiger partial charge in [-0.2, -0.15) is 0 Å². The van der Waals surface area contributed by atoms with Crippen LogP contribution in [0, 0.1) is 5.82 Å². The first-order valence-electron chi connectivity index (χ1n) is 12.3. The van der Waals surface area contributed by atoms with Gasteiger partial charge in [-0.25, -0.2) is 4.39 Å². The largest absolute Gasteiger partial charge is 0.508 e. The molecule has 0 unspecified atom stereocenters. The van der Waals surface area contributed by atoms with E-state index in [0.717, 1.165) is 10.9 Å². The Morgan fingerprint density at radius 2 is 1.32 bits per heavy atom. The molecule has 6 aromatic rings. The first kappa shape index (κ1) is 27.4. The highest BCUT2D eigenvalue weighted by Crippen LogP contribution is 2.26. The molecule has 0 radical (unpaired) electrons. The van der Waals surface area contributed by atoms with Crippen LogP contribution in [0.25, 0.3) is 16.6 Å². The molecule has 7 nitrogen and oxygen atoms in total. The number of rotatable bonds is 5. The summed E-state index contributed by atoms with van der Waals surface area (Å²) in [5.41, 5.74) is 3.13. The Hall–Kier alpha value is -5.15. The maximum absolute atomic E-state index is 13.4. The van der Waals surface area contributed by atoms with Crippen LogP contribution in [0.3, 0.4) is 0 Å². The molecule has 3 aromatic heterocycles. The van der Waals surface area contributed by atoms with Gasteiger partial charge < -0.3 is 14.8 Å². The molecule has 0 atom stereocenters. The number of aromatic hydroxyl groups is 2. The lowest BCUT2D eigenvalue weighted by Crippen LogP contribution is -2.03. The van der Waals surface area contributed by atoms with Gasteiger partial charge in [-0.15, -0.1) is 0 Å². The summed E-state index contributed by atoms with van der Waals surface area (Å²) in [5.74, 6) is -0.665. The predicted molar refractivity (Wildman–Crippen MR) is 156 cm³/mol. The third-order valence-electron chi connectivity index (χ3n) is 6.09. The lowest BCUT2D eigenvalue weighted by molar-refractivity contribution is 0.103. The first-order chi connectivity index (χ1) is 19.8. The minimum Gasteiger partial charge on any atom is -0.508 e. The molecule has 41 heavy (non-hydrogen) atoms. The van der Waals surface area contributed by atoms with Gasteiger partial charge in [0.2, 0.25) is 0 Å². The molecule has 3 heterocycles. The van der Waals surface area contributed by atoms with Crippen LogP contribution >= 0.6 is 15.9 Å². The molecule has 0 amide bonds. The van der Waals surface area contributed by atoms with Crippen molar-refractivity contribution in [3.63, 3.8) is 0 Å². The molecule has 6 rings (SSSR count). The van der Waals surface area contributed by atoms with Crippen LogP contribution in [0.4, 0.5) is 4.39 Å². The molecule has 0 fully saturated rings. The fraction of sp³-hybridized carbons (Fsp3) is 0. The van der Waals surface area contributed by atoms with Crippen molar-refractivity contribution in [2.75, 3.05) is 0 Å². The number of carbonyl (C=O) groups is 2. The van der Waals surface area contributed by atoms with Crippen LogP contribution in [-0.2, 0) is 0 Å². The fourth-order valence-electron chi connectivity index (χ4n) is 4.24. The summed E-state index contributed by atoms with van der Waals surface area (Å²) >= 11 is 3.23. The molecule has 0 saturated carbocycles. The van der Waals surface area contributed by atoms with Gasteiger partial charge in [0.1, 0.15) is 17.3 Å². The first-order valence-corrected chi connectivity index (χ1v) is 13.1. The van der Waals surface area contributed by atoms with E-state index in [1.807, 2.05) is 0 Å². The number of fused-ring (bicyclic) bond motifs is 1. The van der Waals surface area contributed by atoms with Gasteiger partial charge in [0.15, 0.2) is 11.6 Å². The molecule has 0 bridgehead atoms. The summed E-state index contributed by atoms with van der Waals surface area (Å²) in [4.78, 5) is 32.4. The molecular formula is C32H21BrFN3O4. The number of pyridine rings is 2. The molecule has 0 aliphatic carbocycles. The predicted octanol–water partition coefficient (Wildman–Crippen LogP) is 6.88. The van der Waals surface area contributed by atoms with Crippen molar-refractivity contribution in [3.8, 4) is 17.2 Å². The highest BCUT2D eigenvalue weighted by Gasteiger charge is 2.14. The molecule has 0 aliphatic heterocycles. The summed E-state index contributed by atoms with van der Waals surface area (Å²) in [5, 5.41) is 20.2. The van der Waals surface area contributed by atoms with E-state index in [2.05, 4.69) is 25.9 Å². The van der Waals surface area contributed by atoms with Crippen LogP contribution in [0.5, 0.6) is 11.5 Å². The third-order valence-corrected chi connectivity index (χ3v) is 6.55. The maximum atomic E-state index is 13.4. The topological polar surface area (TPSA) is 105 Å². The number of ketones is 2. The Balaban J connectivity index is 0.000000182. The van der Waals surface area contributed by atoms with Crippen LogP contribution in [0.2, 0.25) is 0 Å². The van der Waals surface area contributed by atoms with Crippen LogP contribution in [0.15, 0.2) is 120 Å². The van der Waals surface area contributed by atoms with Gasteiger partial charge in [-0.05, 0) is 78.9 Å². The molecular weight excluding hydrogens is 589 g/mol. The molecule has 3 aromatic carbocycles. The van der Waals surface area contributed by atoms with Gasteiger partial charge >= 0.3 is 0 Å². The molecule has 0 saturated heterocycles. The molecule has 0 aliphatic rings. The average molecular weight is 610 g/mol. The van der Waals surface area contributed by atoms with Crippen molar-refractivity contribution < 1.29 is 24.2 Å². The number of carbonyl (C=O) groups excluding carboxylic acids is 2. The molecule has 202 valence electrons. The number of aromatic nitrogens is 3. The number of hydrogen-bond donors (Lipinski definition) is 2. The van der Waals surface area contributed by atoms with Gasteiger partial charge in [0.25, 0.3) is 0 Å². The van der Waals surface area contributed by atoms with Crippen LogP contribution < -0.4 is 0 Å². The van der Waals surface area contributed by atoms with Gasteiger partial charge in [-0.3, -0.25) is 19.6 Å². The Kier molecular flexibility index (Phi) is 7.98. The number of phenolic OH excluding ortho intramolecular Hbond substituents is 2. The van der Waals surface area contributed by atoms with Crippen LogP contribution in [0.1, 0.15) is 31.8 Å². The van der Waals surface area contributed by atoms with Crippen molar-refractivity contribution in [2.45, 2.75) is 0 Å². The zero-order chi connectivity index (χ0) is 28.9. The lowest BCUT2D eigenvalue weighted by Gasteiger charge is -2.09. The minimum atomic E-state index is -0.311. The van der Waals surface area contributed by atoms with Crippen molar-refractivity contribution in [2.24, 2.45) is 0 Å². The second kappa shape index (κ2) is 11.9. The Labute approximate surface area is 242 Å². The van der Waals surface area contributed by atoms with E-state index in [-0.39, 0.29) is 28.9 Å². The number of phenols is 2. The highest BCUT2D eigenvalue weighted by molar-refractivity contribution is 9.10. The highest BCUT2D eigenvalue weighted by atomic mass is 79.9. The lowest BCUT2D eigenvalue weighted by atomic mass is 10.0. The molecule has 2 N–H and O–H groups in total. The Morgan fingerprint density at radius 1 is 0.707 bits per heavy atom. The fourth-order valence-corrected chi connectivity index (χ4v) is 4.72. The summed E-state index contributed by atoms with van der Waals surface area (Å²) < 4.78 is 15.8. The van der Waals surface area contributed by atoms with E-state index in [0.29, 0.717) is 32.4 Å². The number of hydrogen-bond acceptors (Lipinski definition) is 6. The SMILES string of the molecule is O=C(c1cccnc1)c1cc(O)cc(-n2ccc3cc(F)ccc32)c1.O=C(c1cccnc1)c1cc(O)cc(Br)c1. The van der Waals surface area contributed by atoms with E-state index in [9.17, 15) is 24.2 Å². The minimum absolute atomic E-state index is 0.0197. The quantitative estimate of drug-likeness (QED) is 0.206. The summed E-state index contributed by atoms with van der Waals surface area (Å²) in [6.07, 6.45) is 7.96. The van der Waals surface area contributed by atoms with Crippen molar-refractivity contribution >= 4 is 38.4 Å². The van der Waals surface area contributed by atoms with E-state index in [1.54, 1.807) is 77.8 Å².